The van der Waals surface area contributed by atoms with Crippen LogP contribution >= 0.6 is 0 Å². The number of aromatic carboxylic acids is 1. The summed E-state index contributed by atoms with van der Waals surface area (Å²) in [7, 11) is 0. The number of aromatic nitrogens is 1. The molecule has 0 radical (unpaired) electrons. The molecule has 0 fully saturated rings. The maximum absolute atomic E-state index is 10.8. The molecule has 0 aliphatic rings. The van der Waals surface area contributed by atoms with Gasteiger partial charge in [0.1, 0.15) is 0 Å². The van der Waals surface area contributed by atoms with Crippen molar-refractivity contribution in [3.63, 3.8) is 0 Å². The lowest BCUT2D eigenvalue weighted by Gasteiger charge is -2.17. The minimum absolute atomic E-state index is 0.224. The molecule has 0 saturated carbocycles. The Hall–Kier alpha value is -2.20. The van der Waals surface area contributed by atoms with Gasteiger partial charge in [0, 0.05) is 25.0 Å². The van der Waals surface area contributed by atoms with E-state index in [1.807, 2.05) is 30.6 Å². The molecule has 0 saturated heterocycles. The van der Waals surface area contributed by atoms with Crippen molar-refractivity contribution < 1.29 is 9.90 Å². The largest absolute Gasteiger partial charge is 0.478 e. The van der Waals surface area contributed by atoms with Crippen LogP contribution in [0.15, 0.2) is 42.7 Å². The molecule has 1 aromatic heterocycles. The number of hydrogen-bond acceptors (Lipinski definition) is 3. The monoisotopic (exact) mass is 284 g/mol. The van der Waals surface area contributed by atoms with Gasteiger partial charge in [-0.1, -0.05) is 19.1 Å². The molecule has 2 rings (SSSR count). The van der Waals surface area contributed by atoms with Gasteiger partial charge in [0.05, 0.1) is 5.56 Å². The van der Waals surface area contributed by atoms with E-state index < -0.39 is 5.97 Å². The summed E-state index contributed by atoms with van der Waals surface area (Å²) in [5, 5.41) is 12.3. The van der Waals surface area contributed by atoms with Gasteiger partial charge in [-0.05, 0) is 48.2 Å². The third-order valence-electron chi connectivity index (χ3n) is 3.60. The molecule has 0 aliphatic heterocycles. The maximum atomic E-state index is 10.8. The number of benzene rings is 1. The predicted molar refractivity (Wildman–Crippen MR) is 82.3 cm³/mol. The first kappa shape index (κ1) is 15.2. The minimum Gasteiger partial charge on any atom is -0.478 e. The summed E-state index contributed by atoms with van der Waals surface area (Å²) in [6.07, 6.45) is 4.69. The van der Waals surface area contributed by atoms with Crippen LogP contribution in [0.3, 0.4) is 0 Å². The first-order valence-electron chi connectivity index (χ1n) is 7.10. The number of hydrogen-bond donors (Lipinski definition) is 2. The standard InChI is InChI=1S/C17H20N2O2/c1-3-14-11-18-9-8-16(14)12(2)19-10-13-4-6-15(7-5-13)17(20)21/h4-9,11-12,19H,3,10H2,1-2H3,(H,20,21). The Labute approximate surface area is 124 Å². The van der Waals surface area contributed by atoms with E-state index in [2.05, 4.69) is 24.1 Å². The van der Waals surface area contributed by atoms with Crippen LogP contribution in [0, 0.1) is 0 Å². The van der Waals surface area contributed by atoms with Gasteiger partial charge in [-0.25, -0.2) is 4.79 Å². The third kappa shape index (κ3) is 3.89. The van der Waals surface area contributed by atoms with Crippen LogP contribution in [0.25, 0.3) is 0 Å². The minimum atomic E-state index is -0.896. The van der Waals surface area contributed by atoms with E-state index in [1.54, 1.807) is 12.1 Å². The number of aryl methyl sites for hydroxylation is 1. The van der Waals surface area contributed by atoms with Crippen LogP contribution in [0.5, 0.6) is 0 Å². The van der Waals surface area contributed by atoms with E-state index in [-0.39, 0.29) is 6.04 Å². The summed E-state index contributed by atoms with van der Waals surface area (Å²) in [6.45, 7) is 4.95. The van der Waals surface area contributed by atoms with Crippen LogP contribution in [0.2, 0.25) is 0 Å². The van der Waals surface area contributed by atoms with Crippen LogP contribution in [0.1, 0.15) is 46.9 Å². The Kier molecular flexibility index (Phi) is 5.06. The molecular weight excluding hydrogens is 264 g/mol. The van der Waals surface area contributed by atoms with E-state index >= 15 is 0 Å². The lowest BCUT2D eigenvalue weighted by molar-refractivity contribution is 0.0697. The zero-order valence-electron chi connectivity index (χ0n) is 12.3. The van der Waals surface area contributed by atoms with Crippen molar-refractivity contribution in [3.8, 4) is 0 Å². The molecule has 4 heteroatoms. The Balaban J connectivity index is 2.00. The van der Waals surface area contributed by atoms with Gasteiger partial charge in [-0.2, -0.15) is 0 Å². The first-order valence-corrected chi connectivity index (χ1v) is 7.10. The van der Waals surface area contributed by atoms with E-state index in [1.165, 1.54) is 11.1 Å². The average Bonchev–Trinajstić information content (AvgIpc) is 2.52. The fraction of sp³-hybridized carbons (Fsp3) is 0.294. The molecule has 1 aromatic carbocycles. The van der Waals surface area contributed by atoms with Gasteiger partial charge in [0.25, 0.3) is 0 Å². The molecule has 2 N–H and O–H groups in total. The predicted octanol–water partition coefficient (Wildman–Crippen LogP) is 3.19. The topological polar surface area (TPSA) is 62.2 Å². The van der Waals surface area contributed by atoms with Crippen molar-refractivity contribution in [2.45, 2.75) is 32.9 Å². The molecule has 0 amide bonds. The highest BCUT2D eigenvalue weighted by Crippen LogP contribution is 2.17. The summed E-state index contributed by atoms with van der Waals surface area (Å²) in [6, 6.07) is 9.22. The van der Waals surface area contributed by atoms with Gasteiger partial charge in [0.2, 0.25) is 0 Å². The highest BCUT2D eigenvalue weighted by Gasteiger charge is 2.09. The molecule has 0 aliphatic carbocycles. The number of carbonyl (C=O) groups is 1. The average molecular weight is 284 g/mol. The normalized spacial score (nSPS) is 12.1. The number of carboxylic acid groups (broad SMARTS) is 1. The molecular formula is C17H20N2O2. The Morgan fingerprint density at radius 3 is 2.62 bits per heavy atom. The number of rotatable bonds is 6. The SMILES string of the molecule is CCc1cnccc1C(C)NCc1ccc(C(=O)O)cc1. The summed E-state index contributed by atoms with van der Waals surface area (Å²) >= 11 is 0. The molecule has 1 heterocycles. The van der Waals surface area contributed by atoms with Crippen LogP contribution < -0.4 is 5.32 Å². The van der Waals surface area contributed by atoms with E-state index in [9.17, 15) is 4.79 Å². The quantitative estimate of drug-likeness (QED) is 0.855. The lowest BCUT2D eigenvalue weighted by atomic mass is 10.0. The van der Waals surface area contributed by atoms with Gasteiger partial charge >= 0.3 is 5.97 Å². The fourth-order valence-corrected chi connectivity index (χ4v) is 2.30. The fourth-order valence-electron chi connectivity index (χ4n) is 2.30. The van der Waals surface area contributed by atoms with E-state index in [0.29, 0.717) is 12.1 Å². The number of pyridine rings is 1. The first-order chi connectivity index (χ1) is 10.1. The van der Waals surface area contributed by atoms with E-state index in [4.69, 9.17) is 5.11 Å². The van der Waals surface area contributed by atoms with E-state index in [0.717, 1.165) is 12.0 Å². The molecule has 1 unspecified atom stereocenters. The zero-order chi connectivity index (χ0) is 15.2. The highest BCUT2D eigenvalue weighted by atomic mass is 16.4. The second-order valence-corrected chi connectivity index (χ2v) is 5.03. The second-order valence-electron chi connectivity index (χ2n) is 5.03. The number of nitrogens with one attached hydrogen (secondary N) is 1. The maximum Gasteiger partial charge on any atom is 0.335 e. The van der Waals surface area contributed by atoms with Crippen molar-refractivity contribution in [2.24, 2.45) is 0 Å². The van der Waals surface area contributed by atoms with Crippen molar-refractivity contribution in [1.82, 2.24) is 10.3 Å². The van der Waals surface area contributed by atoms with Crippen molar-refractivity contribution in [3.05, 3.63) is 65.0 Å². The van der Waals surface area contributed by atoms with Gasteiger partial charge < -0.3 is 10.4 Å². The zero-order valence-corrected chi connectivity index (χ0v) is 12.3. The summed E-state index contributed by atoms with van der Waals surface area (Å²) in [5.41, 5.74) is 3.89. The third-order valence-corrected chi connectivity index (χ3v) is 3.60. The highest BCUT2D eigenvalue weighted by molar-refractivity contribution is 5.87. The molecule has 110 valence electrons. The van der Waals surface area contributed by atoms with Crippen LogP contribution in [-0.4, -0.2) is 16.1 Å². The molecule has 4 nitrogen and oxygen atoms in total. The molecule has 2 aromatic rings. The molecule has 21 heavy (non-hydrogen) atoms. The van der Waals surface area contributed by atoms with Gasteiger partial charge in [0.15, 0.2) is 0 Å². The van der Waals surface area contributed by atoms with Crippen molar-refractivity contribution in [1.29, 1.82) is 0 Å². The van der Waals surface area contributed by atoms with Crippen molar-refractivity contribution >= 4 is 5.97 Å². The van der Waals surface area contributed by atoms with Crippen LogP contribution in [0.4, 0.5) is 0 Å². The van der Waals surface area contributed by atoms with Gasteiger partial charge in [-0.15, -0.1) is 0 Å². The molecule has 0 spiro atoms. The molecule has 1 atom stereocenters. The summed E-state index contributed by atoms with van der Waals surface area (Å²) in [4.78, 5) is 15.0. The second kappa shape index (κ2) is 6.99. The summed E-state index contributed by atoms with van der Waals surface area (Å²) in [5.74, 6) is -0.896. The van der Waals surface area contributed by atoms with Crippen molar-refractivity contribution in [2.75, 3.05) is 0 Å². The summed E-state index contributed by atoms with van der Waals surface area (Å²) < 4.78 is 0. The van der Waals surface area contributed by atoms with Gasteiger partial charge in [-0.3, -0.25) is 4.98 Å². The van der Waals surface area contributed by atoms with Crippen LogP contribution in [-0.2, 0) is 13.0 Å². The number of carboxylic acids is 1. The number of nitrogens with zero attached hydrogens (tertiary/aromatic N) is 1. The Bertz CT molecular complexity index is 608. The molecule has 0 bridgehead atoms. The Morgan fingerprint density at radius 2 is 2.00 bits per heavy atom. The lowest BCUT2D eigenvalue weighted by Crippen LogP contribution is -2.19. The smallest absolute Gasteiger partial charge is 0.335 e. The Morgan fingerprint density at radius 1 is 1.29 bits per heavy atom.